The average Bonchev–Trinajstić information content (AvgIpc) is 3.32. The number of aromatic nitrogens is 3. The SMILES string of the molecule is Cc1ccc(S(=O)(=O)c2c(-c3ccccc3)n(Cc3ccccc3)c(=O)c3cncn23)cc1. The summed E-state index contributed by atoms with van der Waals surface area (Å²) in [4.78, 5) is 17.8. The van der Waals surface area contributed by atoms with Crippen molar-refractivity contribution in [2.45, 2.75) is 23.4 Å². The lowest BCUT2D eigenvalue weighted by Crippen LogP contribution is -2.28. The van der Waals surface area contributed by atoms with Crippen molar-refractivity contribution in [3.05, 3.63) is 119 Å². The molecule has 0 aliphatic rings. The molecule has 0 bridgehead atoms. The van der Waals surface area contributed by atoms with Crippen LogP contribution in [0.1, 0.15) is 11.1 Å². The maximum absolute atomic E-state index is 14.0. The quantitative estimate of drug-likeness (QED) is 0.395. The van der Waals surface area contributed by atoms with E-state index in [1.165, 1.54) is 21.5 Å². The van der Waals surface area contributed by atoms with Crippen molar-refractivity contribution in [2.24, 2.45) is 0 Å². The molecule has 0 spiro atoms. The number of aryl methyl sites for hydroxylation is 1. The Morgan fingerprint density at radius 1 is 0.848 bits per heavy atom. The summed E-state index contributed by atoms with van der Waals surface area (Å²) in [5, 5.41) is 0.0144. The van der Waals surface area contributed by atoms with E-state index in [9.17, 15) is 13.2 Å². The fraction of sp³-hybridized carbons (Fsp3) is 0.0769. The van der Waals surface area contributed by atoms with Gasteiger partial charge in [0.15, 0.2) is 5.03 Å². The van der Waals surface area contributed by atoms with E-state index in [0.29, 0.717) is 11.3 Å². The molecule has 2 heterocycles. The van der Waals surface area contributed by atoms with Crippen LogP contribution in [0.5, 0.6) is 0 Å². The van der Waals surface area contributed by atoms with Crippen LogP contribution in [0.4, 0.5) is 0 Å². The molecule has 0 atom stereocenters. The predicted octanol–water partition coefficient (Wildman–Crippen LogP) is 4.35. The van der Waals surface area contributed by atoms with Crippen LogP contribution < -0.4 is 5.56 Å². The molecule has 0 radical (unpaired) electrons. The lowest BCUT2D eigenvalue weighted by Gasteiger charge is -2.20. The largest absolute Gasteiger partial charge is 0.299 e. The molecule has 0 aliphatic heterocycles. The van der Waals surface area contributed by atoms with Gasteiger partial charge in [0.1, 0.15) is 11.8 Å². The Morgan fingerprint density at radius 2 is 1.48 bits per heavy atom. The maximum Gasteiger partial charge on any atom is 0.277 e. The molecule has 0 fully saturated rings. The highest BCUT2D eigenvalue weighted by Crippen LogP contribution is 2.32. The molecular weight excluding hydrogens is 434 g/mol. The molecule has 5 rings (SSSR count). The molecule has 7 heteroatoms. The average molecular weight is 456 g/mol. The van der Waals surface area contributed by atoms with Gasteiger partial charge in [-0.1, -0.05) is 78.4 Å². The van der Waals surface area contributed by atoms with Gasteiger partial charge in [-0.3, -0.25) is 13.8 Å². The minimum absolute atomic E-state index is 0.0144. The van der Waals surface area contributed by atoms with E-state index in [1.807, 2.05) is 67.6 Å². The summed E-state index contributed by atoms with van der Waals surface area (Å²) < 4.78 is 30.9. The molecule has 33 heavy (non-hydrogen) atoms. The van der Waals surface area contributed by atoms with Gasteiger partial charge in [-0.2, -0.15) is 0 Å². The van der Waals surface area contributed by atoms with E-state index in [1.54, 1.807) is 24.3 Å². The monoisotopic (exact) mass is 455 g/mol. The molecule has 0 amide bonds. The molecular formula is C26H21N3O3S. The second-order valence-electron chi connectivity index (χ2n) is 7.86. The second-order valence-corrected chi connectivity index (χ2v) is 9.73. The summed E-state index contributed by atoms with van der Waals surface area (Å²) in [6, 6.07) is 25.4. The number of imidazole rings is 1. The number of fused-ring (bicyclic) bond motifs is 1. The van der Waals surface area contributed by atoms with E-state index >= 15 is 0 Å². The van der Waals surface area contributed by atoms with Crippen LogP contribution in [0.3, 0.4) is 0 Å². The summed E-state index contributed by atoms with van der Waals surface area (Å²) in [5.74, 6) is 0. The van der Waals surface area contributed by atoms with Gasteiger partial charge in [0.25, 0.3) is 5.56 Å². The van der Waals surface area contributed by atoms with E-state index in [0.717, 1.165) is 11.1 Å². The lowest BCUT2D eigenvalue weighted by molar-refractivity contribution is 0.587. The zero-order valence-corrected chi connectivity index (χ0v) is 18.7. The van der Waals surface area contributed by atoms with Crippen LogP contribution in [-0.4, -0.2) is 22.4 Å². The molecule has 164 valence electrons. The van der Waals surface area contributed by atoms with Crippen LogP contribution in [0.25, 0.3) is 16.8 Å². The van der Waals surface area contributed by atoms with Gasteiger partial charge in [0.05, 0.1) is 23.3 Å². The smallest absolute Gasteiger partial charge is 0.277 e. The van der Waals surface area contributed by atoms with Crippen LogP contribution >= 0.6 is 0 Å². The van der Waals surface area contributed by atoms with Crippen molar-refractivity contribution in [3.8, 4) is 11.3 Å². The van der Waals surface area contributed by atoms with Crippen molar-refractivity contribution in [1.29, 1.82) is 0 Å². The third-order valence-electron chi connectivity index (χ3n) is 5.61. The molecule has 5 aromatic rings. The normalized spacial score (nSPS) is 11.7. The minimum atomic E-state index is -4.00. The third-order valence-corrected chi connectivity index (χ3v) is 7.40. The van der Waals surface area contributed by atoms with Crippen LogP contribution in [-0.2, 0) is 16.4 Å². The van der Waals surface area contributed by atoms with Crippen molar-refractivity contribution in [3.63, 3.8) is 0 Å². The van der Waals surface area contributed by atoms with Gasteiger partial charge in [-0.25, -0.2) is 13.4 Å². The standard InChI is InChI=1S/C26H21N3O3S/c1-19-12-14-22(15-13-19)33(31,32)26-24(21-10-6-3-7-11-21)28(17-20-8-4-2-5-9-20)25(30)23-16-27-18-29(23)26/h2-16,18H,17H2,1H3. The maximum atomic E-state index is 14.0. The minimum Gasteiger partial charge on any atom is -0.299 e. The van der Waals surface area contributed by atoms with E-state index in [4.69, 9.17) is 0 Å². The number of hydrogen-bond acceptors (Lipinski definition) is 4. The Hall–Kier alpha value is -3.97. The Morgan fingerprint density at radius 3 is 2.15 bits per heavy atom. The van der Waals surface area contributed by atoms with Crippen molar-refractivity contribution >= 4 is 15.4 Å². The fourth-order valence-corrected chi connectivity index (χ4v) is 5.57. The Balaban J connectivity index is 1.91. The van der Waals surface area contributed by atoms with Gasteiger partial charge < -0.3 is 0 Å². The summed E-state index contributed by atoms with van der Waals surface area (Å²) in [7, 11) is -4.00. The summed E-state index contributed by atoms with van der Waals surface area (Å²) >= 11 is 0. The van der Waals surface area contributed by atoms with Crippen LogP contribution in [0.2, 0.25) is 0 Å². The zero-order valence-electron chi connectivity index (χ0n) is 17.9. The predicted molar refractivity (Wildman–Crippen MR) is 127 cm³/mol. The van der Waals surface area contributed by atoms with Crippen molar-refractivity contribution < 1.29 is 8.42 Å². The fourth-order valence-electron chi connectivity index (χ4n) is 3.96. The van der Waals surface area contributed by atoms with Gasteiger partial charge in [0, 0.05) is 5.56 Å². The van der Waals surface area contributed by atoms with Gasteiger partial charge in [0.2, 0.25) is 9.84 Å². The van der Waals surface area contributed by atoms with Gasteiger partial charge in [-0.05, 0) is 24.6 Å². The first-order chi connectivity index (χ1) is 16.0. The number of hydrogen-bond donors (Lipinski definition) is 0. The van der Waals surface area contributed by atoms with E-state index in [-0.39, 0.29) is 27.5 Å². The first-order valence-corrected chi connectivity index (χ1v) is 11.9. The molecule has 6 nitrogen and oxygen atoms in total. The number of nitrogens with zero attached hydrogens (tertiary/aromatic N) is 3. The highest BCUT2D eigenvalue weighted by Gasteiger charge is 2.29. The Bertz CT molecular complexity index is 1600. The van der Waals surface area contributed by atoms with Crippen molar-refractivity contribution in [2.75, 3.05) is 0 Å². The van der Waals surface area contributed by atoms with Crippen LogP contribution in [0, 0.1) is 6.92 Å². The molecule has 0 saturated heterocycles. The first kappa shape index (κ1) is 20.9. The molecule has 0 unspecified atom stereocenters. The molecule has 0 aliphatic carbocycles. The third kappa shape index (κ3) is 3.66. The zero-order chi connectivity index (χ0) is 23.0. The summed E-state index contributed by atoms with van der Waals surface area (Å²) in [5.41, 5.74) is 2.70. The highest BCUT2D eigenvalue weighted by atomic mass is 32.2. The summed E-state index contributed by atoms with van der Waals surface area (Å²) in [6.45, 7) is 2.13. The first-order valence-electron chi connectivity index (χ1n) is 10.5. The highest BCUT2D eigenvalue weighted by molar-refractivity contribution is 7.91. The van der Waals surface area contributed by atoms with Crippen molar-refractivity contribution in [1.82, 2.24) is 14.0 Å². The van der Waals surface area contributed by atoms with Gasteiger partial charge >= 0.3 is 0 Å². The second kappa shape index (κ2) is 8.18. The summed E-state index contributed by atoms with van der Waals surface area (Å²) in [6.07, 6.45) is 2.80. The molecule has 0 saturated carbocycles. The Labute approximate surface area is 191 Å². The van der Waals surface area contributed by atoms with Gasteiger partial charge in [-0.15, -0.1) is 0 Å². The Kier molecular flexibility index (Phi) is 5.18. The molecule has 2 aromatic heterocycles. The topological polar surface area (TPSA) is 73.4 Å². The molecule has 0 N–H and O–H groups in total. The van der Waals surface area contributed by atoms with E-state index in [2.05, 4.69) is 4.98 Å². The number of benzene rings is 3. The lowest BCUT2D eigenvalue weighted by atomic mass is 10.1. The molecule has 3 aromatic carbocycles. The van der Waals surface area contributed by atoms with Crippen LogP contribution in [0.15, 0.2) is 112 Å². The number of rotatable bonds is 5. The number of sulfone groups is 1. The van der Waals surface area contributed by atoms with E-state index < -0.39 is 9.84 Å².